The number of aromatic amines is 1. The number of fused-ring (bicyclic) bond motifs is 1. The molecule has 10 heteroatoms. The summed E-state index contributed by atoms with van der Waals surface area (Å²) in [6.07, 6.45) is 1.69. The fourth-order valence-corrected chi connectivity index (χ4v) is 5.57. The van der Waals surface area contributed by atoms with E-state index in [-0.39, 0.29) is 23.8 Å². The number of ether oxygens (including phenoxy) is 1. The maximum absolute atomic E-state index is 12.9. The van der Waals surface area contributed by atoms with E-state index in [0.717, 1.165) is 29.1 Å². The van der Waals surface area contributed by atoms with Crippen LogP contribution in [-0.2, 0) is 0 Å². The number of aromatic nitrogens is 3. The Labute approximate surface area is 217 Å². The highest BCUT2D eigenvalue weighted by Crippen LogP contribution is 2.32. The van der Waals surface area contributed by atoms with Crippen LogP contribution < -0.4 is 10.1 Å². The van der Waals surface area contributed by atoms with Crippen LogP contribution in [0.25, 0.3) is 10.9 Å². The molecule has 5 rings (SSSR count). The topological polar surface area (TPSA) is 100 Å². The third-order valence-electron chi connectivity index (χ3n) is 6.13. The molecule has 3 heterocycles. The molecular formula is C26H26ClN5O3S. The molecule has 0 saturated carbocycles. The van der Waals surface area contributed by atoms with Crippen molar-refractivity contribution in [3.63, 3.8) is 0 Å². The lowest BCUT2D eigenvalue weighted by molar-refractivity contribution is 0.0713. The van der Waals surface area contributed by atoms with Crippen LogP contribution in [0, 0.1) is 0 Å². The molecule has 1 fully saturated rings. The zero-order chi connectivity index (χ0) is 25.2. The zero-order valence-electron chi connectivity index (χ0n) is 20.0. The highest BCUT2D eigenvalue weighted by Gasteiger charge is 2.27. The number of carbonyl (C=O) groups is 2. The molecule has 0 spiro atoms. The number of anilines is 1. The molecule has 0 bridgehead atoms. The van der Waals surface area contributed by atoms with E-state index in [0.29, 0.717) is 40.6 Å². The fourth-order valence-electron chi connectivity index (χ4n) is 4.33. The van der Waals surface area contributed by atoms with Gasteiger partial charge in [-0.1, -0.05) is 17.7 Å². The summed E-state index contributed by atoms with van der Waals surface area (Å²) in [5.74, 6) is 1.04. The molecule has 2 N–H and O–H groups in total. The number of piperidine rings is 1. The highest BCUT2D eigenvalue weighted by atomic mass is 35.5. The number of hydrogen-bond acceptors (Lipinski definition) is 6. The molecule has 2 aromatic carbocycles. The predicted molar refractivity (Wildman–Crippen MR) is 141 cm³/mol. The minimum atomic E-state index is -0.330. The largest absolute Gasteiger partial charge is 0.491 e. The number of nitrogens with one attached hydrogen (secondary N) is 2. The monoisotopic (exact) mass is 523 g/mol. The van der Waals surface area contributed by atoms with Gasteiger partial charge in [-0.3, -0.25) is 14.7 Å². The number of halogens is 1. The number of rotatable bonds is 6. The van der Waals surface area contributed by atoms with Crippen molar-refractivity contribution in [2.24, 2.45) is 0 Å². The van der Waals surface area contributed by atoms with Crippen LogP contribution in [0.15, 0.2) is 47.8 Å². The normalized spacial score (nSPS) is 14.4. The third kappa shape index (κ3) is 5.08. The maximum Gasteiger partial charge on any atom is 0.276 e. The van der Waals surface area contributed by atoms with Gasteiger partial charge in [-0.15, -0.1) is 11.3 Å². The van der Waals surface area contributed by atoms with E-state index in [1.54, 1.807) is 11.4 Å². The molecule has 36 heavy (non-hydrogen) atoms. The Kier molecular flexibility index (Phi) is 6.93. The SMILES string of the molecule is CC(C)Oc1ccc(C(=O)N2CCC(c3nc(C(=O)Nc4n[nH]c5cccc(Cl)c45)cs3)CC2)cc1. The Morgan fingerprint density at radius 3 is 2.64 bits per heavy atom. The Balaban J connectivity index is 1.19. The lowest BCUT2D eigenvalue weighted by atomic mass is 9.97. The average molecular weight is 524 g/mol. The lowest BCUT2D eigenvalue weighted by Gasteiger charge is -2.31. The Morgan fingerprint density at radius 1 is 1.17 bits per heavy atom. The van der Waals surface area contributed by atoms with Gasteiger partial charge in [0, 0.05) is 30.0 Å². The summed E-state index contributed by atoms with van der Waals surface area (Å²) in [6.45, 7) is 5.23. The van der Waals surface area contributed by atoms with Gasteiger partial charge < -0.3 is 15.0 Å². The molecule has 2 amide bonds. The first-order chi connectivity index (χ1) is 17.4. The maximum atomic E-state index is 12.9. The third-order valence-corrected chi connectivity index (χ3v) is 7.45. The second-order valence-corrected chi connectivity index (χ2v) is 10.3. The number of likely N-dealkylation sites (tertiary alicyclic amines) is 1. The summed E-state index contributed by atoms with van der Waals surface area (Å²) in [5.41, 5.74) is 1.75. The van der Waals surface area contributed by atoms with E-state index >= 15 is 0 Å². The summed E-state index contributed by atoms with van der Waals surface area (Å²) in [7, 11) is 0. The van der Waals surface area contributed by atoms with Gasteiger partial charge in [-0.2, -0.15) is 5.10 Å². The van der Waals surface area contributed by atoms with Gasteiger partial charge >= 0.3 is 0 Å². The van der Waals surface area contributed by atoms with Crippen molar-refractivity contribution in [1.29, 1.82) is 0 Å². The number of thiazole rings is 1. The minimum Gasteiger partial charge on any atom is -0.491 e. The second-order valence-electron chi connectivity index (χ2n) is 9.02. The highest BCUT2D eigenvalue weighted by molar-refractivity contribution is 7.10. The lowest BCUT2D eigenvalue weighted by Crippen LogP contribution is -2.37. The van der Waals surface area contributed by atoms with Gasteiger partial charge in [0.25, 0.3) is 11.8 Å². The summed E-state index contributed by atoms with van der Waals surface area (Å²) in [4.78, 5) is 32.2. The molecule has 0 aliphatic carbocycles. The van der Waals surface area contributed by atoms with Crippen molar-refractivity contribution in [3.05, 3.63) is 69.1 Å². The van der Waals surface area contributed by atoms with Crippen LogP contribution >= 0.6 is 22.9 Å². The first-order valence-corrected chi connectivity index (χ1v) is 13.1. The molecule has 0 atom stereocenters. The van der Waals surface area contributed by atoms with Gasteiger partial charge in [0.15, 0.2) is 5.82 Å². The van der Waals surface area contributed by atoms with Crippen LogP contribution in [0.5, 0.6) is 5.75 Å². The van der Waals surface area contributed by atoms with Crippen molar-refractivity contribution in [2.75, 3.05) is 18.4 Å². The number of benzene rings is 2. The van der Waals surface area contributed by atoms with Crippen molar-refractivity contribution in [3.8, 4) is 5.75 Å². The first-order valence-electron chi connectivity index (χ1n) is 11.8. The predicted octanol–water partition coefficient (Wildman–Crippen LogP) is 5.73. The molecule has 186 valence electrons. The minimum absolute atomic E-state index is 0.0219. The standard InChI is InChI=1S/C26H26ClN5O3S/c1-15(2)35-18-8-6-17(7-9-18)26(34)32-12-10-16(11-13-32)25-28-21(14-36-25)24(33)29-23-22-19(27)4-3-5-20(22)30-31-23/h3-9,14-16H,10-13H2,1-2H3,(H2,29,30,31,33). The van der Waals surface area contributed by atoms with E-state index in [9.17, 15) is 9.59 Å². The Hall–Kier alpha value is -3.43. The van der Waals surface area contributed by atoms with Gasteiger partial charge in [0.05, 0.1) is 27.0 Å². The van der Waals surface area contributed by atoms with Gasteiger partial charge in [0.2, 0.25) is 0 Å². The number of amides is 2. The first kappa shape index (κ1) is 24.3. The van der Waals surface area contributed by atoms with Crippen LogP contribution in [-0.4, -0.2) is 51.1 Å². The Morgan fingerprint density at radius 2 is 1.92 bits per heavy atom. The molecule has 1 aliphatic rings. The van der Waals surface area contributed by atoms with E-state index in [2.05, 4.69) is 20.5 Å². The molecule has 4 aromatic rings. The summed E-state index contributed by atoms with van der Waals surface area (Å²) in [6, 6.07) is 12.7. The van der Waals surface area contributed by atoms with Gasteiger partial charge in [-0.25, -0.2) is 4.98 Å². The molecule has 1 saturated heterocycles. The van der Waals surface area contributed by atoms with Crippen molar-refractivity contribution in [2.45, 2.75) is 38.7 Å². The smallest absolute Gasteiger partial charge is 0.276 e. The summed E-state index contributed by atoms with van der Waals surface area (Å²) in [5, 5.41) is 13.7. The van der Waals surface area contributed by atoms with E-state index in [4.69, 9.17) is 16.3 Å². The average Bonchev–Trinajstić information content (AvgIpc) is 3.53. The van der Waals surface area contributed by atoms with Crippen LogP contribution in [0.2, 0.25) is 5.02 Å². The zero-order valence-corrected chi connectivity index (χ0v) is 21.5. The summed E-state index contributed by atoms with van der Waals surface area (Å²) < 4.78 is 5.66. The summed E-state index contributed by atoms with van der Waals surface area (Å²) >= 11 is 7.75. The molecule has 2 aromatic heterocycles. The number of H-pyrrole nitrogens is 1. The van der Waals surface area contributed by atoms with Gasteiger partial charge in [-0.05, 0) is 63.1 Å². The number of hydrogen-bond donors (Lipinski definition) is 2. The van der Waals surface area contributed by atoms with E-state index < -0.39 is 0 Å². The molecule has 8 nitrogen and oxygen atoms in total. The van der Waals surface area contributed by atoms with Gasteiger partial charge in [0.1, 0.15) is 11.4 Å². The number of carbonyl (C=O) groups excluding carboxylic acids is 2. The Bertz CT molecular complexity index is 1390. The number of nitrogens with zero attached hydrogens (tertiary/aromatic N) is 3. The molecule has 1 aliphatic heterocycles. The van der Waals surface area contributed by atoms with Crippen molar-refractivity contribution in [1.82, 2.24) is 20.1 Å². The van der Waals surface area contributed by atoms with Crippen LogP contribution in [0.4, 0.5) is 5.82 Å². The quantitative estimate of drug-likeness (QED) is 0.336. The molecule has 0 radical (unpaired) electrons. The molecule has 0 unspecified atom stereocenters. The fraction of sp³-hybridized carbons (Fsp3) is 0.308. The second kappa shape index (κ2) is 10.3. The van der Waals surface area contributed by atoms with Crippen LogP contribution in [0.1, 0.15) is 58.5 Å². The van der Waals surface area contributed by atoms with E-state index in [1.807, 2.05) is 55.1 Å². The van der Waals surface area contributed by atoms with Crippen molar-refractivity contribution >= 4 is 51.5 Å². The van der Waals surface area contributed by atoms with Crippen molar-refractivity contribution < 1.29 is 14.3 Å². The van der Waals surface area contributed by atoms with Crippen LogP contribution in [0.3, 0.4) is 0 Å². The molecular weight excluding hydrogens is 498 g/mol. The van der Waals surface area contributed by atoms with E-state index in [1.165, 1.54) is 11.3 Å².